The molecule has 3 heterocycles. The standard InChI is InChI=1S/C16H20N6O3/c1-9-6-12(20-25-9)18-13(23)8-21-15(24)14-11(10(2)19-21)7-17-22(14)16(3,4)5/h6-7H,8H2,1-5H3,(H,18,20,23). The van der Waals surface area contributed by atoms with Gasteiger partial charge in [0.25, 0.3) is 5.56 Å². The van der Waals surface area contributed by atoms with E-state index in [1.54, 1.807) is 30.8 Å². The molecule has 0 spiro atoms. The fourth-order valence-corrected chi connectivity index (χ4v) is 2.58. The molecule has 1 amide bonds. The van der Waals surface area contributed by atoms with Gasteiger partial charge in [0.15, 0.2) is 5.82 Å². The average molecular weight is 344 g/mol. The van der Waals surface area contributed by atoms with Crippen LogP contribution in [0.25, 0.3) is 10.9 Å². The zero-order valence-corrected chi connectivity index (χ0v) is 14.8. The number of hydrogen-bond acceptors (Lipinski definition) is 6. The van der Waals surface area contributed by atoms with Gasteiger partial charge in [0.1, 0.15) is 17.8 Å². The van der Waals surface area contributed by atoms with Crippen LogP contribution in [0.3, 0.4) is 0 Å². The smallest absolute Gasteiger partial charge is 0.293 e. The molecule has 0 atom stereocenters. The van der Waals surface area contributed by atoms with Crippen molar-refractivity contribution in [2.75, 3.05) is 5.32 Å². The molecule has 3 aromatic rings. The van der Waals surface area contributed by atoms with E-state index in [9.17, 15) is 9.59 Å². The molecule has 0 aliphatic rings. The number of anilines is 1. The molecule has 0 aliphatic heterocycles. The molecule has 0 bridgehead atoms. The van der Waals surface area contributed by atoms with Crippen LogP contribution in [0.4, 0.5) is 5.82 Å². The topological polar surface area (TPSA) is 108 Å². The van der Waals surface area contributed by atoms with Crippen molar-refractivity contribution < 1.29 is 9.32 Å². The summed E-state index contributed by atoms with van der Waals surface area (Å²) in [4.78, 5) is 25.0. The maximum Gasteiger partial charge on any atom is 0.293 e. The summed E-state index contributed by atoms with van der Waals surface area (Å²) in [7, 11) is 0. The van der Waals surface area contributed by atoms with Gasteiger partial charge in [0.05, 0.1) is 17.4 Å². The summed E-state index contributed by atoms with van der Waals surface area (Å²) < 4.78 is 7.70. The van der Waals surface area contributed by atoms with Gasteiger partial charge in [-0.3, -0.25) is 14.3 Å². The molecule has 9 nitrogen and oxygen atoms in total. The first-order chi connectivity index (χ1) is 11.7. The summed E-state index contributed by atoms with van der Waals surface area (Å²) in [5.41, 5.74) is 0.340. The predicted molar refractivity (Wildman–Crippen MR) is 91.4 cm³/mol. The van der Waals surface area contributed by atoms with E-state index in [4.69, 9.17) is 4.52 Å². The number of amides is 1. The third-order valence-corrected chi connectivity index (χ3v) is 3.69. The SMILES string of the molecule is Cc1cc(NC(=O)Cn2nc(C)c3cnn(C(C)(C)C)c3c2=O)no1. The lowest BCUT2D eigenvalue weighted by molar-refractivity contribution is -0.117. The molecule has 25 heavy (non-hydrogen) atoms. The van der Waals surface area contributed by atoms with Gasteiger partial charge in [0, 0.05) is 11.5 Å². The number of aryl methyl sites for hydroxylation is 2. The molecule has 0 saturated carbocycles. The van der Waals surface area contributed by atoms with Gasteiger partial charge >= 0.3 is 0 Å². The fraction of sp³-hybridized carbons (Fsp3) is 0.438. The Balaban J connectivity index is 1.98. The number of nitrogens with zero attached hydrogens (tertiary/aromatic N) is 5. The molecular formula is C16H20N6O3. The zero-order valence-electron chi connectivity index (χ0n) is 14.8. The third-order valence-electron chi connectivity index (χ3n) is 3.69. The van der Waals surface area contributed by atoms with Crippen molar-refractivity contribution in [1.29, 1.82) is 0 Å². The Morgan fingerprint density at radius 3 is 2.64 bits per heavy atom. The van der Waals surface area contributed by atoms with Crippen LogP contribution in [-0.2, 0) is 16.9 Å². The van der Waals surface area contributed by atoms with Crippen LogP contribution in [0.15, 0.2) is 21.6 Å². The molecule has 0 saturated heterocycles. The van der Waals surface area contributed by atoms with Crippen molar-refractivity contribution >= 4 is 22.6 Å². The van der Waals surface area contributed by atoms with Crippen LogP contribution in [0.5, 0.6) is 0 Å². The molecule has 0 fully saturated rings. The van der Waals surface area contributed by atoms with E-state index in [1.807, 2.05) is 20.8 Å². The summed E-state index contributed by atoms with van der Waals surface area (Å²) in [6, 6.07) is 1.59. The summed E-state index contributed by atoms with van der Waals surface area (Å²) in [6.07, 6.45) is 1.63. The second kappa shape index (κ2) is 5.83. The number of hydrogen-bond donors (Lipinski definition) is 1. The van der Waals surface area contributed by atoms with Crippen LogP contribution >= 0.6 is 0 Å². The predicted octanol–water partition coefficient (Wildman–Crippen LogP) is 1.59. The average Bonchev–Trinajstić information content (AvgIpc) is 3.10. The molecule has 0 aliphatic carbocycles. The van der Waals surface area contributed by atoms with Crippen molar-refractivity contribution in [3.05, 3.63) is 34.1 Å². The molecule has 9 heteroatoms. The van der Waals surface area contributed by atoms with Crippen molar-refractivity contribution in [1.82, 2.24) is 24.7 Å². The molecule has 0 radical (unpaired) electrons. The fourth-order valence-electron chi connectivity index (χ4n) is 2.58. The lowest BCUT2D eigenvalue weighted by Gasteiger charge is -2.20. The Bertz CT molecular complexity index is 1010. The number of nitrogens with one attached hydrogen (secondary N) is 1. The second-order valence-electron chi connectivity index (χ2n) is 6.91. The molecule has 0 unspecified atom stereocenters. The van der Waals surface area contributed by atoms with E-state index in [0.717, 1.165) is 4.68 Å². The van der Waals surface area contributed by atoms with Crippen LogP contribution in [0.1, 0.15) is 32.2 Å². The number of carbonyl (C=O) groups excluding carboxylic acids is 1. The molecule has 0 aromatic carbocycles. The van der Waals surface area contributed by atoms with Gasteiger partial charge in [-0.2, -0.15) is 10.2 Å². The van der Waals surface area contributed by atoms with Crippen LogP contribution in [0, 0.1) is 13.8 Å². The van der Waals surface area contributed by atoms with Crippen LogP contribution in [0.2, 0.25) is 0 Å². The lowest BCUT2D eigenvalue weighted by Crippen LogP contribution is -2.33. The first kappa shape index (κ1) is 16.9. The van der Waals surface area contributed by atoms with Crippen LogP contribution in [-0.4, -0.2) is 30.6 Å². The summed E-state index contributed by atoms with van der Waals surface area (Å²) in [6.45, 7) is 9.15. The molecular weight excluding hydrogens is 324 g/mol. The Labute approximate surface area is 143 Å². The minimum absolute atomic E-state index is 0.225. The van der Waals surface area contributed by atoms with Crippen molar-refractivity contribution in [2.24, 2.45) is 0 Å². The quantitative estimate of drug-likeness (QED) is 0.773. The number of carbonyl (C=O) groups is 1. The summed E-state index contributed by atoms with van der Waals surface area (Å²) >= 11 is 0. The van der Waals surface area contributed by atoms with E-state index >= 15 is 0 Å². The van der Waals surface area contributed by atoms with E-state index in [1.165, 1.54) is 0 Å². The number of fused-ring (bicyclic) bond motifs is 1. The highest BCUT2D eigenvalue weighted by atomic mass is 16.5. The van der Waals surface area contributed by atoms with Crippen molar-refractivity contribution in [2.45, 2.75) is 46.7 Å². The Morgan fingerprint density at radius 1 is 1.32 bits per heavy atom. The van der Waals surface area contributed by atoms with Gasteiger partial charge in [-0.05, 0) is 34.6 Å². The van der Waals surface area contributed by atoms with Crippen molar-refractivity contribution in [3.63, 3.8) is 0 Å². The summed E-state index contributed by atoms with van der Waals surface area (Å²) in [5.74, 6) is 0.466. The summed E-state index contributed by atoms with van der Waals surface area (Å²) in [5, 5.41) is 15.5. The highest BCUT2D eigenvalue weighted by molar-refractivity contribution is 5.89. The molecule has 132 valence electrons. The van der Waals surface area contributed by atoms with Gasteiger partial charge in [0.2, 0.25) is 5.91 Å². The number of rotatable bonds is 3. The van der Waals surface area contributed by atoms with Crippen LogP contribution < -0.4 is 10.9 Å². The normalized spacial score (nSPS) is 11.9. The zero-order chi connectivity index (χ0) is 18.4. The monoisotopic (exact) mass is 344 g/mol. The van der Waals surface area contributed by atoms with E-state index < -0.39 is 5.91 Å². The highest BCUT2D eigenvalue weighted by Gasteiger charge is 2.22. The molecule has 3 rings (SSSR count). The minimum atomic E-state index is -0.413. The number of aromatic nitrogens is 5. The Morgan fingerprint density at radius 2 is 2.04 bits per heavy atom. The third kappa shape index (κ3) is 3.17. The largest absolute Gasteiger partial charge is 0.360 e. The Kier molecular flexibility index (Phi) is 3.94. The van der Waals surface area contributed by atoms with Gasteiger partial charge in [-0.25, -0.2) is 4.68 Å². The lowest BCUT2D eigenvalue weighted by atomic mass is 10.1. The van der Waals surface area contributed by atoms with Crippen molar-refractivity contribution in [3.8, 4) is 0 Å². The Hall–Kier alpha value is -2.97. The first-order valence-electron chi connectivity index (χ1n) is 7.86. The van der Waals surface area contributed by atoms with Gasteiger partial charge in [-0.1, -0.05) is 5.16 Å². The highest BCUT2D eigenvalue weighted by Crippen LogP contribution is 2.20. The van der Waals surface area contributed by atoms with E-state index in [2.05, 4.69) is 20.7 Å². The molecule has 1 N–H and O–H groups in total. The minimum Gasteiger partial charge on any atom is -0.360 e. The first-order valence-corrected chi connectivity index (χ1v) is 7.86. The van der Waals surface area contributed by atoms with Gasteiger partial charge in [-0.15, -0.1) is 0 Å². The maximum atomic E-state index is 12.8. The van der Waals surface area contributed by atoms with E-state index in [0.29, 0.717) is 28.2 Å². The van der Waals surface area contributed by atoms with Gasteiger partial charge < -0.3 is 9.84 Å². The molecule has 3 aromatic heterocycles. The maximum absolute atomic E-state index is 12.8. The second-order valence-corrected chi connectivity index (χ2v) is 6.91. The van der Waals surface area contributed by atoms with E-state index in [-0.39, 0.29) is 17.6 Å².